The summed E-state index contributed by atoms with van der Waals surface area (Å²) in [5.74, 6) is 0. The normalized spacial score (nSPS) is 11.4. The first-order valence-electron chi connectivity index (χ1n) is 6.77. The summed E-state index contributed by atoms with van der Waals surface area (Å²) in [6, 6.07) is 23.7. The zero-order valence-electron chi connectivity index (χ0n) is 11.5. The Morgan fingerprint density at radius 2 is 1.00 bits per heavy atom. The van der Waals surface area contributed by atoms with Crippen molar-refractivity contribution in [3.05, 3.63) is 84.2 Å². The van der Waals surface area contributed by atoms with Crippen LogP contribution in [-0.4, -0.2) is 17.4 Å². The van der Waals surface area contributed by atoms with Crippen LogP contribution in [0.1, 0.15) is 11.4 Å². The molecule has 3 rings (SSSR count). The highest BCUT2D eigenvalue weighted by atomic mass is 14.8. The molecule has 1 heterocycles. The highest BCUT2D eigenvalue weighted by Crippen LogP contribution is 2.11. The Bertz CT molecular complexity index is 676. The fraction of sp³-hybridized carbons (Fsp3) is 0. The van der Waals surface area contributed by atoms with Gasteiger partial charge in [0.15, 0.2) is 0 Å². The van der Waals surface area contributed by atoms with Gasteiger partial charge in [-0.25, -0.2) is 0 Å². The molecule has 1 N–H and O–H groups in total. The molecule has 2 aromatic carbocycles. The molecule has 0 radical (unpaired) electrons. The van der Waals surface area contributed by atoms with E-state index in [0.717, 1.165) is 22.8 Å². The molecule has 3 aromatic rings. The molecule has 3 heteroatoms. The number of benzene rings is 2. The third kappa shape index (κ3) is 3.76. The van der Waals surface area contributed by atoms with Gasteiger partial charge < -0.3 is 4.98 Å². The average molecular weight is 273 g/mol. The van der Waals surface area contributed by atoms with Crippen molar-refractivity contribution in [1.29, 1.82) is 0 Å². The maximum Gasteiger partial charge on any atom is 0.0630 e. The number of aromatic amines is 1. The van der Waals surface area contributed by atoms with Crippen LogP contribution in [0.15, 0.2) is 82.8 Å². The first-order chi connectivity index (χ1) is 10.4. The molecule has 0 saturated carbocycles. The van der Waals surface area contributed by atoms with Gasteiger partial charge in [0, 0.05) is 0 Å². The Balaban J connectivity index is 1.69. The summed E-state index contributed by atoms with van der Waals surface area (Å²) in [6.07, 6.45) is 3.63. The highest BCUT2D eigenvalue weighted by Gasteiger charge is 1.94. The number of hydrogen-bond donors (Lipinski definition) is 1. The van der Waals surface area contributed by atoms with Crippen LogP contribution in [0.5, 0.6) is 0 Å². The largest absolute Gasteiger partial charge is 0.353 e. The topological polar surface area (TPSA) is 40.5 Å². The van der Waals surface area contributed by atoms with E-state index >= 15 is 0 Å². The molecular formula is C18H15N3. The molecule has 0 spiro atoms. The minimum atomic E-state index is 0.937. The van der Waals surface area contributed by atoms with E-state index in [4.69, 9.17) is 0 Å². The van der Waals surface area contributed by atoms with E-state index in [9.17, 15) is 0 Å². The monoisotopic (exact) mass is 273 g/mol. The van der Waals surface area contributed by atoms with E-state index < -0.39 is 0 Å². The molecule has 0 bridgehead atoms. The minimum absolute atomic E-state index is 0.937. The lowest BCUT2D eigenvalue weighted by atomic mass is 10.3. The molecule has 0 amide bonds. The molecule has 3 nitrogen and oxygen atoms in total. The van der Waals surface area contributed by atoms with Gasteiger partial charge in [0.25, 0.3) is 0 Å². The lowest BCUT2D eigenvalue weighted by molar-refractivity contribution is 1.35. The van der Waals surface area contributed by atoms with Crippen LogP contribution in [0.3, 0.4) is 0 Å². The van der Waals surface area contributed by atoms with Crippen molar-refractivity contribution in [3.63, 3.8) is 0 Å². The predicted molar refractivity (Wildman–Crippen MR) is 88.2 cm³/mol. The Hall–Kier alpha value is -2.94. The number of aromatic nitrogens is 1. The lowest BCUT2D eigenvalue weighted by Crippen LogP contribution is -1.83. The molecule has 0 unspecified atom stereocenters. The van der Waals surface area contributed by atoms with Crippen molar-refractivity contribution < 1.29 is 0 Å². The second-order valence-corrected chi connectivity index (χ2v) is 4.56. The smallest absolute Gasteiger partial charge is 0.0630 e. The Kier molecular flexibility index (Phi) is 4.03. The Morgan fingerprint density at radius 3 is 1.43 bits per heavy atom. The summed E-state index contributed by atoms with van der Waals surface area (Å²) in [5.41, 5.74) is 3.78. The zero-order valence-corrected chi connectivity index (χ0v) is 11.5. The summed E-state index contributed by atoms with van der Waals surface area (Å²) in [4.78, 5) is 12.1. The molecule has 1 aromatic heterocycles. The number of para-hydroxylation sites is 2. The number of nitrogens with one attached hydrogen (secondary N) is 1. The number of hydrogen-bond acceptors (Lipinski definition) is 2. The summed E-state index contributed by atoms with van der Waals surface area (Å²) >= 11 is 0. The van der Waals surface area contributed by atoms with Crippen molar-refractivity contribution in [2.45, 2.75) is 0 Å². The average Bonchev–Trinajstić information content (AvgIpc) is 3.01. The number of H-pyrrole nitrogens is 1. The summed E-state index contributed by atoms with van der Waals surface area (Å²) in [5, 5.41) is 0. The van der Waals surface area contributed by atoms with Crippen molar-refractivity contribution in [1.82, 2.24) is 4.98 Å². The van der Waals surface area contributed by atoms with Gasteiger partial charge in [-0.1, -0.05) is 36.4 Å². The highest BCUT2D eigenvalue weighted by molar-refractivity contribution is 5.85. The number of aliphatic imine (C=N–C) groups is 2. The third-order valence-electron chi connectivity index (χ3n) is 2.95. The first-order valence-corrected chi connectivity index (χ1v) is 6.77. The number of rotatable bonds is 4. The minimum Gasteiger partial charge on any atom is -0.353 e. The van der Waals surface area contributed by atoms with E-state index in [1.165, 1.54) is 0 Å². The van der Waals surface area contributed by atoms with Crippen LogP contribution in [0.2, 0.25) is 0 Å². The third-order valence-corrected chi connectivity index (χ3v) is 2.95. The summed E-state index contributed by atoms with van der Waals surface area (Å²) < 4.78 is 0. The second kappa shape index (κ2) is 6.48. The number of nitrogens with zero attached hydrogens (tertiary/aromatic N) is 2. The van der Waals surface area contributed by atoms with Gasteiger partial charge in [0.05, 0.1) is 35.2 Å². The fourth-order valence-electron chi connectivity index (χ4n) is 1.90. The summed E-state index contributed by atoms with van der Waals surface area (Å²) in [6.45, 7) is 0. The maximum absolute atomic E-state index is 4.41. The first kappa shape index (κ1) is 13.1. The fourth-order valence-corrected chi connectivity index (χ4v) is 1.90. The Labute approximate surface area is 123 Å². The van der Waals surface area contributed by atoms with Crippen LogP contribution >= 0.6 is 0 Å². The molecule has 0 fully saturated rings. The van der Waals surface area contributed by atoms with Gasteiger partial charge in [-0.15, -0.1) is 0 Å². The van der Waals surface area contributed by atoms with Crippen molar-refractivity contribution in [3.8, 4) is 0 Å². The lowest BCUT2D eigenvalue weighted by Gasteiger charge is -1.92. The van der Waals surface area contributed by atoms with E-state index in [0.29, 0.717) is 0 Å². The molecule has 0 aliphatic carbocycles. The molecule has 102 valence electrons. The molecular weight excluding hydrogens is 258 g/mol. The van der Waals surface area contributed by atoms with Gasteiger partial charge in [-0.05, 0) is 36.4 Å². The van der Waals surface area contributed by atoms with Crippen LogP contribution in [0.4, 0.5) is 11.4 Å². The molecule has 0 saturated heterocycles. The van der Waals surface area contributed by atoms with Gasteiger partial charge in [0.2, 0.25) is 0 Å². The molecule has 0 atom stereocenters. The molecule has 0 aliphatic heterocycles. The van der Waals surface area contributed by atoms with Gasteiger partial charge in [0.1, 0.15) is 0 Å². The van der Waals surface area contributed by atoms with Gasteiger partial charge >= 0.3 is 0 Å². The van der Waals surface area contributed by atoms with E-state index in [-0.39, 0.29) is 0 Å². The van der Waals surface area contributed by atoms with Crippen molar-refractivity contribution >= 4 is 23.8 Å². The van der Waals surface area contributed by atoms with Crippen LogP contribution in [0.25, 0.3) is 0 Å². The van der Waals surface area contributed by atoms with Crippen LogP contribution < -0.4 is 0 Å². The predicted octanol–water partition coefficient (Wildman–Crippen LogP) is 4.52. The molecule has 0 aliphatic rings. The van der Waals surface area contributed by atoms with E-state index in [2.05, 4.69) is 15.0 Å². The van der Waals surface area contributed by atoms with Crippen LogP contribution in [-0.2, 0) is 0 Å². The zero-order chi connectivity index (χ0) is 14.3. The molecule has 21 heavy (non-hydrogen) atoms. The standard InChI is InChI=1S/C18H15N3/c1-3-7-15(8-4-1)19-13-17-11-12-18(21-17)14-20-16-9-5-2-6-10-16/h1-14,21H/b19-13+,20-14+. The SMILES string of the molecule is C(=N\c1ccccc1)/c1ccc(/C=N/c2ccccc2)[nH]1. The quantitative estimate of drug-likeness (QED) is 0.679. The van der Waals surface area contributed by atoms with Crippen molar-refractivity contribution in [2.24, 2.45) is 9.98 Å². The van der Waals surface area contributed by atoms with E-state index in [1.807, 2.05) is 85.2 Å². The van der Waals surface area contributed by atoms with Gasteiger partial charge in [-0.3, -0.25) is 9.98 Å². The summed E-state index contributed by atoms with van der Waals surface area (Å²) in [7, 11) is 0. The van der Waals surface area contributed by atoms with E-state index in [1.54, 1.807) is 0 Å². The maximum atomic E-state index is 4.41. The van der Waals surface area contributed by atoms with Gasteiger partial charge in [-0.2, -0.15) is 0 Å². The Morgan fingerprint density at radius 1 is 0.571 bits per heavy atom. The van der Waals surface area contributed by atoms with Crippen molar-refractivity contribution in [2.75, 3.05) is 0 Å². The van der Waals surface area contributed by atoms with Crippen LogP contribution in [0, 0.1) is 0 Å². The second-order valence-electron chi connectivity index (χ2n) is 4.56.